The van der Waals surface area contributed by atoms with Gasteiger partial charge >= 0.3 is 0 Å². The van der Waals surface area contributed by atoms with Crippen molar-refractivity contribution in [3.05, 3.63) is 66.0 Å². The van der Waals surface area contributed by atoms with Crippen LogP contribution < -0.4 is 0 Å². The van der Waals surface area contributed by atoms with E-state index in [0.717, 1.165) is 17.5 Å². The van der Waals surface area contributed by atoms with Crippen LogP contribution in [0, 0.1) is 0 Å². The fourth-order valence-electron chi connectivity index (χ4n) is 1.69. The van der Waals surface area contributed by atoms with Crippen LogP contribution in [0.5, 0.6) is 0 Å². The van der Waals surface area contributed by atoms with Gasteiger partial charge in [-0.05, 0) is 30.0 Å². The molecule has 0 aliphatic heterocycles. The first-order valence-electron chi connectivity index (χ1n) is 5.55. The molecule has 0 amide bonds. The Kier molecular flexibility index (Phi) is 3.86. The van der Waals surface area contributed by atoms with Crippen LogP contribution in [0.3, 0.4) is 0 Å². The molecule has 17 heavy (non-hydrogen) atoms. The lowest BCUT2D eigenvalue weighted by Gasteiger charge is -2.04. The fraction of sp³-hybridized carbons (Fsp3) is 0.143. The van der Waals surface area contributed by atoms with E-state index in [1.54, 1.807) is 6.20 Å². The van der Waals surface area contributed by atoms with Gasteiger partial charge in [-0.1, -0.05) is 41.6 Å². The van der Waals surface area contributed by atoms with Gasteiger partial charge in [0, 0.05) is 12.4 Å². The molecule has 0 radical (unpaired) electrons. The molecule has 1 N–H and O–H groups in total. The Morgan fingerprint density at radius 2 is 1.94 bits per heavy atom. The molecular formula is C14H14N2O. The average molecular weight is 226 g/mol. The minimum Gasteiger partial charge on any atom is -0.411 e. The van der Waals surface area contributed by atoms with Crippen molar-refractivity contribution in [3.8, 4) is 0 Å². The fourth-order valence-corrected chi connectivity index (χ4v) is 1.69. The van der Waals surface area contributed by atoms with E-state index in [1.807, 2.05) is 48.7 Å². The number of hydrogen-bond donors (Lipinski definition) is 1. The summed E-state index contributed by atoms with van der Waals surface area (Å²) in [4.78, 5) is 4.06. The topological polar surface area (TPSA) is 45.5 Å². The number of rotatable bonds is 4. The minimum atomic E-state index is 0.701. The van der Waals surface area contributed by atoms with Gasteiger partial charge < -0.3 is 5.21 Å². The van der Waals surface area contributed by atoms with E-state index in [-0.39, 0.29) is 0 Å². The van der Waals surface area contributed by atoms with Gasteiger partial charge in [0.2, 0.25) is 0 Å². The lowest BCUT2D eigenvalue weighted by Crippen LogP contribution is -2.03. The second kappa shape index (κ2) is 5.80. The van der Waals surface area contributed by atoms with Gasteiger partial charge in [0.1, 0.15) is 0 Å². The quantitative estimate of drug-likeness (QED) is 0.495. The Hall–Kier alpha value is -2.16. The SMILES string of the molecule is O/N=C(/CCc1cccnc1)c1ccccc1. The van der Waals surface area contributed by atoms with Gasteiger partial charge in [0.05, 0.1) is 5.71 Å². The molecule has 86 valence electrons. The molecule has 2 aromatic rings. The van der Waals surface area contributed by atoms with Crippen LogP contribution in [-0.2, 0) is 6.42 Å². The third-order valence-corrected chi connectivity index (χ3v) is 2.60. The summed E-state index contributed by atoms with van der Waals surface area (Å²) in [5.74, 6) is 0. The van der Waals surface area contributed by atoms with E-state index in [0.29, 0.717) is 12.1 Å². The zero-order valence-electron chi connectivity index (χ0n) is 9.45. The van der Waals surface area contributed by atoms with Gasteiger partial charge in [0.15, 0.2) is 0 Å². The average Bonchev–Trinajstić information content (AvgIpc) is 2.42. The second-order valence-electron chi connectivity index (χ2n) is 3.77. The van der Waals surface area contributed by atoms with Crippen molar-refractivity contribution >= 4 is 5.71 Å². The van der Waals surface area contributed by atoms with Crippen molar-refractivity contribution in [2.24, 2.45) is 5.16 Å². The summed E-state index contributed by atoms with van der Waals surface area (Å²) < 4.78 is 0. The van der Waals surface area contributed by atoms with E-state index >= 15 is 0 Å². The lowest BCUT2D eigenvalue weighted by molar-refractivity contribution is 0.318. The number of hydrogen-bond acceptors (Lipinski definition) is 3. The van der Waals surface area contributed by atoms with Crippen molar-refractivity contribution in [2.75, 3.05) is 0 Å². The standard InChI is InChI=1S/C14H14N2O/c17-16-14(13-6-2-1-3-7-13)9-8-12-5-4-10-15-11-12/h1-7,10-11,17H,8-9H2/b16-14-. The number of benzene rings is 1. The van der Waals surface area contributed by atoms with Gasteiger partial charge in [-0.2, -0.15) is 0 Å². The molecule has 0 saturated heterocycles. The number of pyridine rings is 1. The summed E-state index contributed by atoms with van der Waals surface area (Å²) >= 11 is 0. The highest BCUT2D eigenvalue weighted by molar-refractivity contribution is 6.00. The summed E-state index contributed by atoms with van der Waals surface area (Å²) in [5.41, 5.74) is 2.80. The molecule has 3 nitrogen and oxygen atoms in total. The van der Waals surface area contributed by atoms with Gasteiger partial charge in [-0.15, -0.1) is 0 Å². The molecule has 0 spiro atoms. The molecular weight excluding hydrogens is 212 g/mol. The highest BCUT2D eigenvalue weighted by atomic mass is 16.4. The molecule has 0 saturated carbocycles. The predicted octanol–water partition coefficient (Wildman–Crippen LogP) is 2.89. The highest BCUT2D eigenvalue weighted by Crippen LogP contribution is 2.08. The molecule has 1 heterocycles. The first kappa shape index (κ1) is 11.3. The Bertz CT molecular complexity index is 480. The van der Waals surface area contributed by atoms with Gasteiger partial charge in [0.25, 0.3) is 0 Å². The Labute approximate surface area is 100 Å². The van der Waals surface area contributed by atoms with Crippen LogP contribution in [0.25, 0.3) is 0 Å². The lowest BCUT2D eigenvalue weighted by atomic mass is 10.0. The molecule has 0 fully saturated rings. The van der Waals surface area contributed by atoms with Crippen molar-refractivity contribution in [3.63, 3.8) is 0 Å². The Morgan fingerprint density at radius 3 is 2.59 bits per heavy atom. The maximum Gasteiger partial charge on any atom is 0.0871 e. The molecule has 0 aliphatic rings. The van der Waals surface area contributed by atoms with Crippen molar-refractivity contribution in [2.45, 2.75) is 12.8 Å². The van der Waals surface area contributed by atoms with Crippen LogP contribution in [0.4, 0.5) is 0 Å². The molecule has 1 aromatic carbocycles. The van der Waals surface area contributed by atoms with Crippen molar-refractivity contribution < 1.29 is 5.21 Å². The first-order chi connectivity index (χ1) is 8.40. The number of oxime groups is 1. The van der Waals surface area contributed by atoms with E-state index in [1.165, 1.54) is 0 Å². The smallest absolute Gasteiger partial charge is 0.0871 e. The van der Waals surface area contributed by atoms with E-state index in [4.69, 9.17) is 5.21 Å². The summed E-state index contributed by atoms with van der Waals surface area (Å²) in [6.07, 6.45) is 5.11. The number of aryl methyl sites for hydroxylation is 1. The zero-order valence-corrected chi connectivity index (χ0v) is 9.45. The third kappa shape index (κ3) is 3.14. The van der Waals surface area contributed by atoms with Crippen LogP contribution >= 0.6 is 0 Å². The summed E-state index contributed by atoms with van der Waals surface area (Å²) in [7, 11) is 0. The van der Waals surface area contributed by atoms with E-state index < -0.39 is 0 Å². The predicted molar refractivity (Wildman–Crippen MR) is 67.3 cm³/mol. The maximum atomic E-state index is 9.03. The molecule has 0 unspecified atom stereocenters. The summed E-state index contributed by atoms with van der Waals surface area (Å²) in [6.45, 7) is 0. The monoisotopic (exact) mass is 226 g/mol. The first-order valence-corrected chi connectivity index (χ1v) is 5.55. The molecule has 0 atom stereocenters. The van der Waals surface area contributed by atoms with Crippen LogP contribution in [-0.4, -0.2) is 15.9 Å². The molecule has 3 heteroatoms. The van der Waals surface area contributed by atoms with Gasteiger partial charge in [-0.25, -0.2) is 0 Å². The van der Waals surface area contributed by atoms with Crippen LogP contribution in [0.15, 0.2) is 60.0 Å². The van der Waals surface area contributed by atoms with Gasteiger partial charge in [-0.3, -0.25) is 4.98 Å². The second-order valence-corrected chi connectivity index (χ2v) is 3.77. The van der Waals surface area contributed by atoms with E-state index in [9.17, 15) is 0 Å². The normalized spacial score (nSPS) is 11.4. The molecule has 2 rings (SSSR count). The molecule has 1 aromatic heterocycles. The molecule has 0 bridgehead atoms. The molecule has 0 aliphatic carbocycles. The summed E-state index contributed by atoms with van der Waals surface area (Å²) in [6, 6.07) is 13.6. The number of nitrogens with zero attached hydrogens (tertiary/aromatic N) is 2. The maximum absolute atomic E-state index is 9.03. The Balaban J connectivity index is 2.03. The summed E-state index contributed by atoms with van der Waals surface area (Å²) in [5, 5.41) is 12.4. The minimum absolute atomic E-state index is 0.701. The van der Waals surface area contributed by atoms with Crippen LogP contribution in [0.2, 0.25) is 0 Å². The Morgan fingerprint density at radius 1 is 1.12 bits per heavy atom. The van der Waals surface area contributed by atoms with Crippen molar-refractivity contribution in [1.82, 2.24) is 4.98 Å². The largest absolute Gasteiger partial charge is 0.411 e. The zero-order chi connectivity index (χ0) is 11.9. The number of aromatic nitrogens is 1. The van der Waals surface area contributed by atoms with Crippen LogP contribution in [0.1, 0.15) is 17.5 Å². The van der Waals surface area contributed by atoms with Crippen molar-refractivity contribution in [1.29, 1.82) is 0 Å². The van der Waals surface area contributed by atoms with E-state index in [2.05, 4.69) is 10.1 Å². The third-order valence-electron chi connectivity index (χ3n) is 2.60. The highest BCUT2D eigenvalue weighted by Gasteiger charge is 2.04.